The number of carbonyl (C=O) groups is 2. The lowest BCUT2D eigenvalue weighted by atomic mass is 10.0. The van der Waals surface area contributed by atoms with Gasteiger partial charge >= 0.3 is 0 Å². The molecule has 2 N–H and O–H groups in total. The van der Waals surface area contributed by atoms with Crippen LogP contribution < -0.4 is 5.73 Å². The van der Waals surface area contributed by atoms with Crippen LogP contribution in [0.1, 0.15) is 36.7 Å². The van der Waals surface area contributed by atoms with Gasteiger partial charge in [-0.2, -0.15) is 0 Å². The Labute approximate surface area is 145 Å². The lowest BCUT2D eigenvalue weighted by Gasteiger charge is -2.26. The molecule has 1 rings (SSSR count). The molecule has 0 spiro atoms. The summed E-state index contributed by atoms with van der Waals surface area (Å²) < 4.78 is 0. The Morgan fingerprint density at radius 2 is 1.65 bits per heavy atom. The molecule has 0 saturated heterocycles. The van der Waals surface area contributed by atoms with Crippen molar-refractivity contribution in [3.63, 3.8) is 0 Å². The van der Waals surface area contributed by atoms with Crippen molar-refractivity contribution in [2.45, 2.75) is 33.4 Å². The molecule has 0 aliphatic carbocycles. The van der Waals surface area contributed by atoms with Crippen molar-refractivity contribution in [2.75, 3.05) is 20.6 Å². The fourth-order valence-electron chi connectivity index (χ4n) is 2.07. The number of benzene rings is 1. The molecule has 23 heavy (non-hydrogen) atoms. The van der Waals surface area contributed by atoms with Gasteiger partial charge in [0.05, 0.1) is 6.04 Å². The zero-order chi connectivity index (χ0) is 16.9. The van der Waals surface area contributed by atoms with Crippen molar-refractivity contribution in [1.29, 1.82) is 0 Å². The molecule has 0 aliphatic heterocycles. The van der Waals surface area contributed by atoms with E-state index in [0.29, 0.717) is 18.7 Å². The maximum atomic E-state index is 12.3. The minimum atomic E-state index is -0.477. The summed E-state index contributed by atoms with van der Waals surface area (Å²) in [6, 6.07) is 6.87. The van der Waals surface area contributed by atoms with Crippen LogP contribution in [0.3, 0.4) is 0 Å². The van der Waals surface area contributed by atoms with Crippen LogP contribution in [-0.4, -0.2) is 48.3 Å². The normalized spacial score (nSPS) is 11.6. The zero-order valence-electron chi connectivity index (χ0n) is 14.6. The minimum absolute atomic E-state index is 0. The summed E-state index contributed by atoms with van der Waals surface area (Å²) in [6.45, 7) is 6.94. The largest absolute Gasteiger partial charge is 0.345 e. The van der Waals surface area contributed by atoms with Gasteiger partial charge in [0.2, 0.25) is 5.91 Å². The Balaban J connectivity index is 0.00000484. The first-order chi connectivity index (χ1) is 10.3. The second-order valence-corrected chi connectivity index (χ2v) is 6.02. The second kappa shape index (κ2) is 9.53. The predicted molar refractivity (Wildman–Crippen MR) is 95.6 cm³/mol. The molecule has 1 aromatic rings. The van der Waals surface area contributed by atoms with Gasteiger partial charge in [-0.3, -0.25) is 9.59 Å². The summed E-state index contributed by atoms with van der Waals surface area (Å²) in [4.78, 5) is 27.5. The fourth-order valence-corrected chi connectivity index (χ4v) is 2.07. The average molecular weight is 342 g/mol. The summed E-state index contributed by atoms with van der Waals surface area (Å²) >= 11 is 0. The monoisotopic (exact) mass is 341 g/mol. The van der Waals surface area contributed by atoms with E-state index >= 15 is 0 Å². The van der Waals surface area contributed by atoms with Gasteiger partial charge in [-0.15, -0.1) is 12.4 Å². The van der Waals surface area contributed by atoms with Crippen LogP contribution in [0.4, 0.5) is 0 Å². The number of halogens is 1. The van der Waals surface area contributed by atoms with Gasteiger partial charge in [0.1, 0.15) is 0 Å². The molecular formula is C17H28ClN3O2. The van der Waals surface area contributed by atoms with E-state index < -0.39 is 6.04 Å². The summed E-state index contributed by atoms with van der Waals surface area (Å²) in [5.41, 5.74) is 7.57. The fraction of sp³-hybridized carbons (Fsp3) is 0.529. The average Bonchev–Trinajstić information content (AvgIpc) is 2.50. The number of hydrogen-bond acceptors (Lipinski definition) is 3. The third kappa shape index (κ3) is 5.84. The molecule has 0 saturated carbocycles. The van der Waals surface area contributed by atoms with E-state index in [1.165, 1.54) is 0 Å². The Morgan fingerprint density at radius 1 is 1.13 bits per heavy atom. The van der Waals surface area contributed by atoms with E-state index in [9.17, 15) is 9.59 Å². The van der Waals surface area contributed by atoms with Gasteiger partial charge in [-0.1, -0.05) is 26.0 Å². The maximum absolute atomic E-state index is 12.3. The van der Waals surface area contributed by atoms with E-state index in [4.69, 9.17) is 5.73 Å². The molecule has 0 aliphatic rings. The highest BCUT2D eigenvalue weighted by molar-refractivity contribution is 5.93. The molecule has 0 fully saturated rings. The van der Waals surface area contributed by atoms with Crippen LogP contribution in [0.5, 0.6) is 0 Å². The molecule has 0 bridgehead atoms. The minimum Gasteiger partial charge on any atom is -0.345 e. The maximum Gasteiger partial charge on any atom is 0.253 e. The molecule has 130 valence electrons. The van der Waals surface area contributed by atoms with Crippen molar-refractivity contribution in [1.82, 2.24) is 9.80 Å². The first-order valence-corrected chi connectivity index (χ1v) is 7.62. The molecule has 1 aromatic carbocycles. The molecule has 0 heterocycles. The zero-order valence-corrected chi connectivity index (χ0v) is 15.4. The summed E-state index contributed by atoms with van der Waals surface area (Å²) in [7, 11) is 3.45. The Bertz CT molecular complexity index is 515. The van der Waals surface area contributed by atoms with Gasteiger partial charge in [0, 0.05) is 32.7 Å². The Hall–Kier alpha value is -1.59. The highest BCUT2D eigenvalue weighted by Gasteiger charge is 2.22. The van der Waals surface area contributed by atoms with E-state index in [1.54, 1.807) is 36.0 Å². The van der Waals surface area contributed by atoms with Gasteiger partial charge in [-0.25, -0.2) is 0 Å². The molecule has 2 amide bonds. The molecule has 0 unspecified atom stereocenters. The summed E-state index contributed by atoms with van der Waals surface area (Å²) in [5.74, 6) is 0.0457. The van der Waals surface area contributed by atoms with E-state index in [1.807, 2.05) is 32.9 Å². The van der Waals surface area contributed by atoms with Crippen molar-refractivity contribution < 1.29 is 9.59 Å². The highest BCUT2D eigenvalue weighted by atomic mass is 35.5. The third-order valence-electron chi connectivity index (χ3n) is 3.68. The number of carbonyl (C=O) groups excluding carboxylic acids is 2. The lowest BCUT2D eigenvalue weighted by Crippen LogP contribution is -2.46. The van der Waals surface area contributed by atoms with Gasteiger partial charge in [-0.05, 0) is 30.5 Å². The molecular weight excluding hydrogens is 314 g/mol. The van der Waals surface area contributed by atoms with Crippen LogP contribution in [0.15, 0.2) is 24.3 Å². The molecule has 0 radical (unpaired) electrons. The van der Waals surface area contributed by atoms with E-state index in [0.717, 1.165) is 5.56 Å². The Kier molecular flexibility index (Phi) is 8.87. The van der Waals surface area contributed by atoms with Crippen molar-refractivity contribution in [3.05, 3.63) is 35.4 Å². The topological polar surface area (TPSA) is 66.6 Å². The molecule has 0 aromatic heterocycles. The van der Waals surface area contributed by atoms with Crippen LogP contribution in [0.25, 0.3) is 0 Å². The van der Waals surface area contributed by atoms with Gasteiger partial charge in [0.25, 0.3) is 5.91 Å². The number of rotatable bonds is 6. The molecule has 6 heteroatoms. The van der Waals surface area contributed by atoms with Crippen LogP contribution in [-0.2, 0) is 11.3 Å². The number of amides is 2. The van der Waals surface area contributed by atoms with Crippen molar-refractivity contribution in [2.24, 2.45) is 11.7 Å². The summed E-state index contributed by atoms with van der Waals surface area (Å²) in [5, 5.41) is 0. The first-order valence-electron chi connectivity index (χ1n) is 7.62. The van der Waals surface area contributed by atoms with Crippen LogP contribution >= 0.6 is 12.4 Å². The van der Waals surface area contributed by atoms with Crippen LogP contribution in [0, 0.1) is 5.92 Å². The van der Waals surface area contributed by atoms with Crippen LogP contribution in [0.2, 0.25) is 0 Å². The highest BCUT2D eigenvalue weighted by Crippen LogP contribution is 2.11. The number of nitrogens with two attached hydrogens (primary N) is 1. The Morgan fingerprint density at radius 3 is 2.04 bits per heavy atom. The predicted octanol–water partition coefficient (Wildman–Crippen LogP) is 2.14. The molecule has 5 nitrogen and oxygen atoms in total. The van der Waals surface area contributed by atoms with Gasteiger partial charge < -0.3 is 15.5 Å². The standard InChI is InChI=1S/C17H27N3O2.ClH/c1-6-20(17(22)15(18)12(2)3)11-13-7-9-14(10-8-13)16(21)19(4)5;/h7-10,12,15H,6,11,18H2,1-5H3;1H/t15-;/m0./s1. The SMILES string of the molecule is CCN(Cc1ccc(C(=O)N(C)C)cc1)C(=O)[C@@H](N)C(C)C.Cl. The summed E-state index contributed by atoms with van der Waals surface area (Å²) in [6.07, 6.45) is 0. The first kappa shape index (κ1) is 21.4. The van der Waals surface area contributed by atoms with Crippen molar-refractivity contribution >= 4 is 24.2 Å². The number of nitrogens with zero attached hydrogens (tertiary/aromatic N) is 2. The number of likely N-dealkylation sites (N-methyl/N-ethyl adjacent to an activating group) is 1. The second-order valence-electron chi connectivity index (χ2n) is 6.02. The lowest BCUT2D eigenvalue weighted by molar-refractivity contribution is -0.134. The third-order valence-corrected chi connectivity index (χ3v) is 3.68. The van der Waals surface area contributed by atoms with E-state index in [2.05, 4.69) is 0 Å². The smallest absolute Gasteiger partial charge is 0.253 e. The van der Waals surface area contributed by atoms with Crippen molar-refractivity contribution in [3.8, 4) is 0 Å². The quantitative estimate of drug-likeness (QED) is 0.862. The number of hydrogen-bond donors (Lipinski definition) is 1. The molecule has 1 atom stereocenters. The van der Waals surface area contributed by atoms with Gasteiger partial charge in [0.15, 0.2) is 0 Å². The van der Waals surface area contributed by atoms with E-state index in [-0.39, 0.29) is 30.1 Å².